The zero-order valence-corrected chi connectivity index (χ0v) is 15.6. The molecule has 4 amide bonds. The number of esters is 1. The van der Waals surface area contributed by atoms with Gasteiger partial charge in [0.2, 0.25) is 5.91 Å². The number of carbonyl (C=O) groups excluding carboxylic acids is 4. The van der Waals surface area contributed by atoms with Crippen LogP contribution in [0.15, 0.2) is 24.3 Å². The van der Waals surface area contributed by atoms with Crippen LogP contribution in [0.4, 0.5) is 10.5 Å². The lowest BCUT2D eigenvalue weighted by Gasteiger charge is -2.07. The quantitative estimate of drug-likeness (QED) is 0.558. The molecular formula is C17H23N3O5S. The van der Waals surface area contributed by atoms with Crippen LogP contribution >= 0.6 is 11.8 Å². The Balaban J connectivity index is 2.15. The van der Waals surface area contributed by atoms with E-state index in [4.69, 9.17) is 4.74 Å². The molecule has 0 saturated carbocycles. The van der Waals surface area contributed by atoms with E-state index < -0.39 is 24.5 Å². The molecule has 0 saturated heterocycles. The van der Waals surface area contributed by atoms with Crippen LogP contribution in [0.5, 0.6) is 0 Å². The lowest BCUT2D eigenvalue weighted by molar-refractivity contribution is -0.145. The van der Waals surface area contributed by atoms with Gasteiger partial charge < -0.3 is 15.4 Å². The largest absolute Gasteiger partial charge is 0.455 e. The van der Waals surface area contributed by atoms with Crippen LogP contribution in [0.25, 0.3) is 0 Å². The first kappa shape index (κ1) is 21.5. The number of carbonyl (C=O) groups is 4. The van der Waals surface area contributed by atoms with Gasteiger partial charge in [-0.2, -0.15) is 0 Å². The number of ether oxygens (including phenoxy) is 1. The monoisotopic (exact) mass is 381 g/mol. The molecule has 26 heavy (non-hydrogen) atoms. The van der Waals surface area contributed by atoms with E-state index in [2.05, 4.69) is 10.6 Å². The molecule has 8 nitrogen and oxygen atoms in total. The van der Waals surface area contributed by atoms with Crippen LogP contribution in [-0.4, -0.2) is 48.5 Å². The average Bonchev–Trinajstić information content (AvgIpc) is 2.60. The highest BCUT2D eigenvalue weighted by Gasteiger charge is 2.11. The third-order valence-electron chi connectivity index (χ3n) is 2.94. The second-order valence-corrected chi connectivity index (χ2v) is 6.36. The average molecular weight is 381 g/mol. The fraction of sp³-hybridized carbons (Fsp3) is 0.412. The van der Waals surface area contributed by atoms with Crippen LogP contribution in [0.1, 0.15) is 18.9 Å². The van der Waals surface area contributed by atoms with E-state index in [9.17, 15) is 19.2 Å². The van der Waals surface area contributed by atoms with Gasteiger partial charge >= 0.3 is 12.0 Å². The Kier molecular flexibility index (Phi) is 9.85. The standard InChI is InChI=1S/C17H23N3O5S/c1-3-8-18-17(24)20-14(21)9-25-16(23)11-26-10-15(22)19-13-6-4-12(2)5-7-13/h4-7H,3,8-11H2,1-2H3,(H,19,22)(H2,18,20,21,24). The Morgan fingerprint density at radius 1 is 1.04 bits per heavy atom. The fourth-order valence-corrected chi connectivity index (χ4v) is 2.30. The zero-order chi connectivity index (χ0) is 19.4. The molecule has 0 aliphatic heterocycles. The number of benzene rings is 1. The molecule has 0 fully saturated rings. The predicted molar refractivity (Wildman–Crippen MR) is 99.9 cm³/mol. The molecule has 1 aromatic carbocycles. The predicted octanol–water partition coefficient (Wildman–Crippen LogP) is 1.45. The van der Waals surface area contributed by atoms with E-state index in [0.29, 0.717) is 12.2 Å². The number of amides is 4. The van der Waals surface area contributed by atoms with Crippen LogP contribution < -0.4 is 16.0 Å². The van der Waals surface area contributed by atoms with Gasteiger partial charge in [0.15, 0.2) is 6.61 Å². The summed E-state index contributed by atoms with van der Waals surface area (Å²) in [6, 6.07) is 6.72. The smallest absolute Gasteiger partial charge is 0.321 e. The molecule has 1 aromatic rings. The highest BCUT2D eigenvalue weighted by atomic mass is 32.2. The summed E-state index contributed by atoms with van der Waals surface area (Å²) in [4.78, 5) is 45.9. The van der Waals surface area contributed by atoms with E-state index in [1.165, 1.54) is 0 Å². The van der Waals surface area contributed by atoms with E-state index in [1.807, 2.05) is 31.3 Å². The lowest BCUT2D eigenvalue weighted by atomic mass is 10.2. The van der Waals surface area contributed by atoms with E-state index in [1.54, 1.807) is 12.1 Å². The molecule has 0 aliphatic carbocycles. The van der Waals surface area contributed by atoms with Crippen molar-refractivity contribution in [3.8, 4) is 0 Å². The van der Waals surface area contributed by atoms with Crippen molar-refractivity contribution in [1.29, 1.82) is 0 Å². The minimum Gasteiger partial charge on any atom is -0.455 e. The molecule has 0 aromatic heterocycles. The number of anilines is 1. The summed E-state index contributed by atoms with van der Waals surface area (Å²) in [5.74, 6) is -1.58. The van der Waals surface area contributed by atoms with Gasteiger partial charge in [-0.1, -0.05) is 24.6 Å². The van der Waals surface area contributed by atoms with Crippen molar-refractivity contribution in [3.63, 3.8) is 0 Å². The van der Waals surface area contributed by atoms with E-state index >= 15 is 0 Å². The number of urea groups is 1. The Morgan fingerprint density at radius 3 is 2.38 bits per heavy atom. The zero-order valence-electron chi connectivity index (χ0n) is 14.8. The van der Waals surface area contributed by atoms with Crippen molar-refractivity contribution in [1.82, 2.24) is 10.6 Å². The van der Waals surface area contributed by atoms with Crippen LogP contribution in [0.3, 0.4) is 0 Å². The third kappa shape index (κ3) is 9.67. The third-order valence-corrected chi connectivity index (χ3v) is 3.85. The van der Waals surface area contributed by atoms with Crippen molar-refractivity contribution in [2.24, 2.45) is 0 Å². The summed E-state index contributed by atoms with van der Waals surface area (Å²) in [7, 11) is 0. The molecule has 0 unspecified atom stereocenters. The molecule has 0 heterocycles. The highest BCUT2D eigenvalue weighted by Crippen LogP contribution is 2.09. The second kappa shape index (κ2) is 11.9. The van der Waals surface area contributed by atoms with Gasteiger partial charge in [-0.25, -0.2) is 4.79 Å². The number of hydrogen-bond acceptors (Lipinski definition) is 6. The maximum atomic E-state index is 11.8. The molecule has 0 bridgehead atoms. The van der Waals surface area contributed by atoms with Gasteiger partial charge in [0, 0.05) is 12.2 Å². The summed E-state index contributed by atoms with van der Waals surface area (Å²) in [6.45, 7) is 3.72. The second-order valence-electron chi connectivity index (χ2n) is 5.37. The topological polar surface area (TPSA) is 114 Å². The number of thioether (sulfide) groups is 1. The number of aryl methyl sites for hydroxylation is 1. The minimum absolute atomic E-state index is 0.0728. The summed E-state index contributed by atoms with van der Waals surface area (Å²) < 4.78 is 4.74. The molecule has 0 aliphatic rings. The van der Waals surface area contributed by atoms with Crippen molar-refractivity contribution >= 4 is 41.3 Å². The van der Waals surface area contributed by atoms with Crippen LogP contribution in [-0.2, 0) is 19.1 Å². The van der Waals surface area contributed by atoms with Gasteiger partial charge in [0.25, 0.3) is 5.91 Å². The molecule has 1 rings (SSSR count). The van der Waals surface area contributed by atoms with Gasteiger partial charge in [-0.3, -0.25) is 19.7 Å². The summed E-state index contributed by atoms with van der Waals surface area (Å²) in [6.07, 6.45) is 0.741. The van der Waals surface area contributed by atoms with Crippen molar-refractivity contribution in [2.45, 2.75) is 20.3 Å². The van der Waals surface area contributed by atoms with Crippen LogP contribution in [0.2, 0.25) is 0 Å². The summed E-state index contributed by atoms with van der Waals surface area (Å²) in [5, 5.41) is 7.21. The number of imide groups is 1. The first-order valence-corrected chi connectivity index (χ1v) is 9.23. The summed E-state index contributed by atoms with van der Waals surface area (Å²) >= 11 is 1.07. The lowest BCUT2D eigenvalue weighted by Crippen LogP contribution is -2.41. The van der Waals surface area contributed by atoms with Gasteiger partial charge in [-0.05, 0) is 25.5 Å². The Bertz CT molecular complexity index is 634. The van der Waals surface area contributed by atoms with E-state index in [0.717, 1.165) is 23.7 Å². The van der Waals surface area contributed by atoms with Gasteiger partial charge in [-0.15, -0.1) is 11.8 Å². The minimum atomic E-state index is -0.714. The maximum Gasteiger partial charge on any atom is 0.321 e. The Morgan fingerprint density at radius 2 is 1.73 bits per heavy atom. The normalized spacial score (nSPS) is 9.92. The number of hydrogen-bond donors (Lipinski definition) is 3. The number of nitrogens with one attached hydrogen (secondary N) is 3. The molecule has 9 heteroatoms. The van der Waals surface area contributed by atoms with Crippen molar-refractivity contribution < 1.29 is 23.9 Å². The molecular weight excluding hydrogens is 358 g/mol. The SMILES string of the molecule is CCCNC(=O)NC(=O)COC(=O)CSCC(=O)Nc1ccc(C)cc1. The highest BCUT2D eigenvalue weighted by molar-refractivity contribution is 8.00. The van der Waals surface area contributed by atoms with Crippen molar-refractivity contribution in [2.75, 3.05) is 30.0 Å². The molecule has 142 valence electrons. The first-order valence-electron chi connectivity index (χ1n) is 8.08. The van der Waals surface area contributed by atoms with E-state index in [-0.39, 0.29) is 17.4 Å². The van der Waals surface area contributed by atoms with Gasteiger partial charge in [0.1, 0.15) is 0 Å². The first-order chi connectivity index (χ1) is 12.4. The fourth-order valence-electron chi connectivity index (χ4n) is 1.69. The Hall–Kier alpha value is -2.55. The Labute approximate surface area is 156 Å². The molecule has 0 spiro atoms. The molecule has 0 radical (unpaired) electrons. The van der Waals surface area contributed by atoms with Gasteiger partial charge in [0.05, 0.1) is 11.5 Å². The number of rotatable bonds is 9. The summed E-state index contributed by atoms with van der Waals surface area (Å²) in [5.41, 5.74) is 1.77. The molecule has 3 N–H and O–H groups in total. The van der Waals surface area contributed by atoms with Crippen molar-refractivity contribution in [3.05, 3.63) is 29.8 Å². The maximum absolute atomic E-state index is 11.8. The molecule has 0 atom stereocenters. The van der Waals surface area contributed by atoms with Crippen LogP contribution in [0, 0.1) is 6.92 Å².